The minimum absolute atomic E-state index is 0. The van der Waals surface area contributed by atoms with Crippen LogP contribution in [0.5, 0.6) is 0 Å². The molecule has 0 saturated carbocycles. The number of guanidine groups is 1. The standard InChI is InChI=1S/C17H25ClN6.HI/c1-4-16-22-21-13-24(16)11-10-20-17(19-5-2)23(3)12-14-8-6-7-9-15(14)18;/h6-9,13H,4-5,10-12H2,1-3H3,(H,19,20);1H. The Morgan fingerprint density at radius 2 is 2.08 bits per heavy atom. The van der Waals surface area contributed by atoms with E-state index in [1.165, 1.54) is 0 Å². The lowest BCUT2D eigenvalue weighted by Crippen LogP contribution is -2.38. The van der Waals surface area contributed by atoms with E-state index in [2.05, 4.69) is 34.3 Å². The van der Waals surface area contributed by atoms with Crippen LogP contribution in [-0.4, -0.2) is 45.8 Å². The van der Waals surface area contributed by atoms with E-state index in [4.69, 9.17) is 16.6 Å². The second-order valence-corrected chi connectivity index (χ2v) is 5.88. The molecule has 0 atom stereocenters. The van der Waals surface area contributed by atoms with E-state index in [0.29, 0.717) is 13.1 Å². The molecular formula is C17H26ClIN6. The van der Waals surface area contributed by atoms with Crippen molar-refractivity contribution in [2.75, 3.05) is 20.1 Å². The van der Waals surface area contributed by atoms with Gasteiger partial charge in [-0.15, -0.1) is 34.2 Å². The number of aliphatic imine (C=N–C) groups is 1. The van der Waals surface area contributed by atoms with E-state index in [0.717, 1.165) is 41.9 Å². The van der Waals surface area contributed by atoms with Crippen molar-refractivity contribution < 1.29 is 0 Å². The summed E-state index contributed by atoms with van der Waals surface area (Å²) in [5.41, 5.74) is 1.08. The van der Waals surface area contributed by atoms with Gasteiger partial charge in [-0.2, -0.15) is 0 Å². The average Bonchev–Trinajstić information content (AvgIpc) is 3.03. The molecule has 1 aromatic heterocycles. The fourth-order valence-electron chi connectivity index (χ4n) is 2.43. The largest absolute Gasteiger partial charge is 0.357 e. The molecule has 0 amide bonds. The van der Waals surface area contributed by atoms with E-state index in [-0.39, 0.29) is 24.0 Å². The average molecular weight is 477 g/mol. The number of nitrogens with zero attached hydrogens (tertiary/aromatic N) is 5. The Morgan fingerprint density at radius 1 is 1.32 bits per heavy atom. The van der Waals surface area contributed by atoms with Crippen LogP contribution in [0.15, 0.2) is 35.6 Å². The van der Waals surface area contributed by atoms with Crippen LogP contribution in [0.1, 0.15) is 25.2 Å². The molecule has 6 nitrogen and oxygen atoms in total. The van der Waals surface area contributed by atoms with E-state index < -0.39 is 0 Å². The third-order valence-electron chi connectivity index (χ3n) is 3.68. The van der Waals surface area contributed by atoms with E-state index in [1.807, 2.05) is 35.9 Å². The first kappa shape index (κ1) is 21.7. The van der Waals surface area contributed by atoms with Crippen LogP contribution in [0.2, 0.25) is 5.02 Å². The summed E-state index contributed by atoms with van der Waals surface area (Å²) in [6, 6.07) is 7.88. The SMILES string of the molecule is CCNC(=NCCn1cnnc1CC)N(C)Cc1ccccc1Cl.I. The summed E-state index contributed by atoms with van der Waals surface area (Å²) in [6.07, 6.45) is 2.63. The number of halogens is 2. The van der Waals surface area contributed by atoms with Gasteiger partial charge in [-0.25, -0.2) is 0 Å². The summed E-state index contributed by atoms with van der Waals surface area (Å²) in [5, 5.41) is 12.1. The van der Waals surface area contributed by atoms with Crippen LogP contribution < -0.4 is 5.32 Å². The number of hydrogen-bond donors (Lipinski definition) is 1. The monoisotopic (exact) mass is 476 g/mol. The molecule has 0 unspecified atom stereocenters. The van der Waals surface area contributed by atoms with Crippen LogP contribution in [-0.2, 0) is 19.5 Å². The van der Waals surface area contributed by atoms with E-state index >= 15 is 0 Å². The number of benzene rings is 1. The van der Waals surface area contributed by atoms with Crippen molar-refractivity contribution in [3.63, 3.8) is 0 Å². The zero-order chi connectivity index (χ0) is 17.4. The minimum Gasteiger partial charge on any atom is -0.357 e. The van der Waals surface area contributed by atoms with Crippen LogP contribution >= 0.6 is 35.6 Å². The molecule has 0 aliphatic heterocycles. The van der Waals surface area contributed by atoms with Gasteiger partial charge in [0.05, 0.1) is 6.54 Å². The van der Waals surface area contributed by atoms with Crippen LogP contribution in [0.4, 0.5) is 0 Å². The van der Waals surface area contributed by atoms with Crippen LogP contribution in [0, 0.1) is 0 Å². The van der Waals surface area contributed by atoms with Gasteiger partial charge in [0.15, 0.2) is 5.96 Å². The topological polar surface area (TPSA) is 58.3 Å². The molecule has 2 rings (SSSR count). The third-order valence-corrected chi connectivity index (χ3v) is 4.04. The Bertz CT molecular complexity index is 673. The van der Waals surface area contributed by atoms with Crippen molar-refractivity contribution in [2.45, 2.75) is 33.4 Å². The summed E-state index contributed by atoms with van der Waals surface area (Å²) in [5.74, 6) is 1.85. The molecule has 0 spiro atoms. The lowest BCUT2D eigenvalue weighted by Gasteiger charge is -2.22. The van der Waals surface area contributed by atoms with Crippen molar-refractivity contribution in [1.82, 2.24) is 25.0 Å². The quantitative estimate of drug-likeness (QED) is 0.379. The molecule has 25 heavy (non-hydrogen) atoms. The molecule has 2 aromatic rings. The highest BCUT2D eigenvalue weighted by Gasteiger charge is 2.09. The minimum atomic E-state index is 0. The lowest BCUT2D eigenvalue weighted by atomic mass is 10.2. The summed E-state index contributed by atoms with van der Waals surface area (Å²) in [6.45, 7) is 7.10. The van der Waals surface area contributed by atoms with Crippen molar-refractivity contribution in [3.8, 4) is 0 Å². The molecule has 0 aliphatic carbocycles. The summed E-state index contributed by atoms with van der Waals surface area (Å²) in [7, 11) is 2.01. The lowest BCUT2D eigenvalue weighted by molar-refractivity contribution is 0.475. The second-order valence-electron chi connectivity index (χ2n) is 5.48. The van der Waals surface area contributed by atoms with Crippen molar-refractivity contribution >= 4 is 41.5 Å². The van der Waals surface area contributed by atoms with Crippen LogP contribution in [0.3, 0.4) is 0 Å². The van der Waals surface area contributed by atoms with Gasteiger partial charge in [-0.1, -0.05) is 36.7 Å². The van der Waals surface area contributed by atoms with Gasteiger partial charge in [0.2, 0.25) is 0 Å². The highest BCUT2D eigenvalue weighted by atomic mass is 127. The number of hydrogen-bond acceptors (Lipinski definition) is 3. The molecule has 0 fully saturated rings. The van der Waals surface area contributed by atoms with Gasteiger partial charge in [0, 0.05) is 38.1 Å². The Hall–Kier alpha value is -1.35. The first-order valence-corrected chi connectivity index (χ1v) is 8.63. The Labute approximate surface area is 171 Å². The molecule has 0 saturated heterocycles. The maximum atomic E-state index is 6.25. The first-order chi connectivity index (χ1) is 11.7. The Kier molecular flexibility index (Phi) is 9.81. The van der Waals surface area contributed by atoms with Gasteiger partial charge in [0.25, 0.3) is 0 Å². The van der Waals surface area contributed by atoms with Gasteiger partial charge in [0.1, 0.15) is 12.2 Å². The number of aryl methyl sites for hydroxylation is 1. The highest BCUT2D eigenvalue weighted by Crippen LogP contribution is 2.16. The summed E-state index contributed by atoms with van der Waals surface area (Å²) < 4.78 is 2.04. The van der Waals surface area contributed by atoms with Gasteiger partial charge in [-0.05, 0) is 18.6 Å². The molecule has 1 heterocycles. The first-order valence-electron chi connectivity index (χ1n) is 8.25. The highest BCUT2D eigenvalue weighted by molar-refractivity contribution is 14.0. The molecule has 0 aliphatic rings. The summed E-state index contributed by atoms with van der Waals surface area (Å²) >= 11 is 6.25. The van der Waals surface area contributed by atoms with Gasteiger partial charge >= 0.3 is 0 Å². The molecule has 1 N–H and O–H groups in total. The summed E-state index contributed by atoms with van der Waals surface area (Å²) in [4.78, 5) is 6.78. The molecular weight excluding hydrogens is 451 g/mol. The molecule has 8 heteroatoms. The van der Waals surface area contributed by atoms with Crippen molar-refractivity contribution in [1.29, 1.82) is 0 Å². The fraction of sp³-hybridized carbons (Fsp3) is 0.471. The molecule has 0 bridgehead atoms. The van der Waals surface area contributed by atoms with Gasteiger partial charge < -0.3 is 14.8 Å². The molecule has 1 aromatic carbocycles. The van der Waals surface area contributed by atoms with Crippen molar-refractivity contribution in [3.05, 3.63) is 47.0 Å². The maximum Gasteiger partial charge on any atom is 0.194 e. The van der Waals surface area contributed by atoms with E-state index in [1.54, 1.807) is 6.33 Å². The predicted molar refractivity (Wildman–Crippen MR) is 114 cm³/mol. The number of nitrogens with one attached hydrogen (secondary N) is 1. The Balaban J connectivity index is 0.00000312. The Morgan fingerprint density at radius 3 is 2.76 bits per heavy atom. The van der Waals surface area contributed by atoms with Crippen LogP contribution in [0.25, 0.3) is 0 Å². The van der Waals surface area contributed by atoms with Crippen molar-refractivity contribution in [2.24, 2.45) is 4.99 Å². The zero-order valence-electron chi connectivity index (χ0n) is 14.9. The molecule has 138 valence electrons. The fourth-order valence-corrected chi connectivity index (χ4v) is 2.63. The number of rotatable bonds is 7. The normalized spacial score (nSPS) is 11.1. The van der Waals surface area contributed by atoms with Gasteiger partial charge in [-0.3, -0.25) is 4.99 Å². The van der Waals surface area contributed by atoms with E-state index in [9.17, 15) is 0 Å². The molecule has 0 radical (unpaired) electrons. The zero-order valence-corrected chi connectivity index (χ0v) is 18.0. The third kappa shape index (κ3) is 6.47. The second kappa shape index (κ2) is 11.3. The smallest absolute Gasteiger partial charge is 0.194 e. The maximum absolute atomic E-state index is 6.25. The predicted octanol–water partition coefficient (Wildman–Crippen LogP) is 3.21. The number of aromatic nitrogens is 3.